The number of fused-ring (bicyclic) bond motifs is 3. The molecule has 10 aromatic rings. The minimum Gasteiger partial charge on any atom is -0.248 e. The summed E-state index contributed by atoms with van der Waals surface area (Å²) in [5.41, 5.74) is 14.8. The lowest BCUT2D eigenvalue weighted by molar-refractivity contribution is 1.24. The van der Waals surface area contributed by atoms with Gasteiger partial charge in [-0.2, -0.15) is 0 Å². The Hall–Kier alpha value is -7.01. The van der Waals surface area contributed by atoms with E-state index in [1.807, 2.05) is 18.2 Å². The van der Waals surface area contributed by atoms with Crippen molar-refractivity contribution >= 4 is 31.6 Å². The molecule has 0 aliphatic heterocycles. The zero-order chi connectivity index (χ0) is 36.6. The first-order chi connectivity index (χ1) is 27.2. The minimum atomic E-state index is 0.712. The van der Waals surface area contributed by atoms with Crippen LogP contribution in [0, 0.1) is 0 Å². The first-order valence-corrected chi connectivity index (χ1v) is 19.2. The van der Waals surface area contributed by atoms with E-state index in [-0.39, 0.29) is 0 Å². The van der Waals surface area contributed by atoms with E-state index in [1.54, 1.807) is 11.3 Å². The second-order valence-electron chi connectivity index (χ2n) is 13.6. The highest BCUT2D eigenvalue weighted by Crippen LogP contribution is 2.41. The van der Waals surface area contributed by atoms with Gasteiger partial charge >= 0.3 is 0 Å². The molecule has 0 atom stereocenters. The van der Waals surface area contributed by atoms with Crippen molar-refractivity contribution in [3.8, 4) is 78.5 Å². The first kappa shape index (κ1) is 32.6. The average Bonchev–Trinajstić information content (AvgIpc) is 3.66. The number of benzene rings is 7. The van der Waals surface area contributed by atoms with E-state index in [0.29, 0.717) is 5.82 Å². The first-order valence-electron chi connectivity index (χ1n) is 18.4. The van der Waals surface area contributed by atoms with Gasteiger partial charge in [0.15, 0.2) is 5.82 Å². The van der Waals surface area contributed by atoms with Crippen LogP contribution >= 0.6 is 11.3 Å². The molecule has 0 bridgehead atoms. The maximum atomic E-state index is 5.32. The summed E-state index contributed by atoms with van der Waals surface area (Å²) in [5, 5.41) is 1.15. The molecule has 0 spiro atoms. The van der Waals surface area contributed by atoms with E-state index >= 15 is 0 Å². The Morgan fingerprint density at radius 1 is 0.309 bits per heavy atom. The summed E-state index contributed by atoms with van der Waals surface area (Å²) in [4.78, 5) is 15.7. The van der Waals surface area contributed by atoms with Crippen LogP contribution in [0.25, 0.3) is 98.8 Å². The minimum absolute atomic E-state index is 0.712. The number of nitrogens with zero attached hydrogens (tertiary/aromatic N) is 3. The molecule has 0 fully saturated rings. The van der Waals surface area contributed by atoms with Gasteiger partial charge in [0, 0.05) is 32.3 Å². The highest BCUT2D eigenvalue weighted by Gasteiger charge is 2.18. The lowest BCUT2D eigenvalue weighted by Crippen LogP contribution is -1.95. The third kappa shape index (κ3) is 6.39. The predicted molar refractivity (Wildman–Crippen MR) is 231 cm³/mol. The molecular weight excluding hydrogens is 687 g/mol. The molecule has 0 aliphatic carbocycles. The summed E-state index contributed by atoms with van der Waals surface area (Å²) in [6, 6.07) is 70.4. The molecule has 0 saturated carbocycles. The Morgan fingerprint density at radius 3 is 1.31 bits per heavy atom. The Kier molecular flexibility index (Phi) is 8.36. The number of hydrogen-bond acceptors (Lipinski definition) is 4. The van der Waals surface area contributed by atoms with Crippen LogP contribution in [0.4, 0.5) is 0 Å². The van der Waals surface area contributed by atoms with Gasteiger partial charge in [-0.05, 0) is 69.8 Å². The fourth-order valence-corrected chi connectivity index (χ4v) is 8.45. The molecule has 0 radical (unpaired) electrons. The fourth-order valence-electron chi connectivity index (χ4n) is 7.30. The Bertz CT molecular complexity index is 2880. The number of thiophene rings is 1. The normalized spacial score (nSPS) is 11.3. The van der Waals surface area contributed by atoms with Crippen molar-refractivity contribution in [2.75, 3.05) is 0 Å². The van der Waals surface area contributed by atoms with E-state index in [4.69, 9.17) is 15.0 Å². The van der Waals surface area contributed by atoms with Crippen molar-refractivity contribution in [2.24, 2.45) is 0 Å². The van der Waals surface area contributed by atoms with Gasteiger partial charge in [-0.15, -0.1) is 11.3 Å². The van der Waals surface area contributed by atoms with E-state index in [1.165, 1.54) is 4.70 Å². The highest BCUT2D eigenvalue weighted by atomic mass is 32.1. The van der Waals surface area contributed by atoms with Gasteiger partial charge in [0.25, 0.3) is 0 Å². The van der Waals surface area contributed by atoms with Crippen LogP contribution in [0.2, 0.25) is 0 Å². The second kappa shape index (κ2) is 14.1. The quantitative estimate of drug-likeness (QED) is 0.165. The van der Waals surface area contributed by atoms with Crippen LogP contribution in [0.1, 0.15) is 0 Å². The Balaban J connectivity index is 1.11. The summed E-state index contributed by atoms with van der Waals surface area (Å²) >= 11 is 1.76. The van der Waals surface area contributed by atoms with Crippen molar-refractivity contribution in [1.29, 1.82) is 0 Å². The summed E-state index contributed by atoms with van der Waals surface area (Å²) < 4.78 is 2.31. The van der Waals surface area contributed by atoms with Gasteiger partial charge in [-0.1, -0.05) is 164 Å². The molecule has 0 saturated heterocycles. The Morgan fingerprint density at radius 2 is 0.745 bits per heavy atom. The summed E-state index contributed by atoms with van der Waals surface area (Å²) in [7, 11) is 0. The molecule has 4 heteroatoms. The number of pyridine rings is 1. The van der Waals surface area contributed by atoms with Crippen LogP contribution in [-0.4, -0.2) is 15.0 Å². The molecule has 0 N–H and O–H groups in total. The van der Waals surface area contributed by atoms with Crippen LogP contribution in [0.5, 0.6) is 0 Å². The summed E-state index contributed by atoms with van der Waals surface area (Å²) in [6.07, 6.45) is 0. The molecule has 3 nitrogen and oxygen atoms in total. The maximum absolute atomic E-state index is 5.32. The van der Waals surface area contributed by atoms with E-state index in [2.05, 4.69) is 182 Å². The number of rotatable bonds is 7. The van der Waals surface area contributed by atoms with E-state index in [0.717, 1.165) is 88.3 Å². The van der Waals surface area contributed by atoms with Gasteiger partial charge < -0.3 is 0 Å². The second-order valence-corrected chi connectivity index (χ2v) is 14.7. The standard InChI is InChI=1S/C51H33N3S/c1-5-15-34(16-6-1)40-29-41(31-43(30-40)51-53-48(39-21-11-4-12-22-39)50-49(54-51)44-23-13-14-24-47(44)55-50)35-25-27-36(28-26-35)42-32-45(37-17-7-2-8-18-37)52-46(33-42)38-19-9-3-10-20-38/h1-33H. The van der Waals surface area contributed by atoms with Crippen LogP contribution in [-0.2, 0) is 0 Å². The molecule has 3 aromatic heterocycles. The summed E-state index contributed by atoms with van der Waals surface area (Å²) in [6.45, 7) is 0. The lowest BCUT2D eigenvalue weighted by Gasteiger charge is -2.13. The summed E-state index contributed by atoms with van der Waals surface area (Å²) in [5.74, 6) is 0.712. The van der Waals surface area contributed by atoms with E-state index in [9.17, 15) is 0 Å². The van der Waals surface area contributed by atoms with Crippen LogP contribution in [0.15, 0.2) is 200 Å². The molecule has 7 aromatic carbocycles. The molecule has 258 valence electrons. The SMILES string of the molecule is c1ccc(-c2cc(-c3ccc(-c4cc(-c5ccccc5)nc(-c5ccccc5)c4)cc3)cc(-c3nc(-c4ccccc4)c4sc5ccccc5c4n3)c2)cc1. The zero-order valence-corrected chi connectivity index (χ0v) is 30.6. The van der Waals surface area contributed by atoms with Gasteiger partial charge in [0.1, 0.15) is 0 Å². The average molecular weight is 720 g/mol. The largest absolute Gasteiger partial charge is 0.248 e. The Labute approximate surface area is 323 Å². The smallest absolute Gasteiger partial charge is 0.160 e. The molecule has 0 amide bonds. The fraction of sp³-hybridized carbons (Fsp3) is 0. The molecule has 3 heterocycles. The number of hydrogen-bond donors (Lipinski definition) is 0. The lowest BCUT2D eigenvalue weighted by atomic mass is 9.94. The monoisotopic (exact) mass is 719 g/mol. The van der Waals surface area contributed by atoms with Crippen molar-refractivity contribution in [3.05, 3.63) is 200 Å². The third-order valence-electron chi connectivity index (χ3n) is 10.1. The molecule has 55 heavy (non-hydrogen) atoms. The van der Waals surface area contributed by atoms with Gasteiger partial charge in [-0.3, -0.25) is 0 Å². The van der Waals surface area contributed by atoms with Crippen LogP contribution < -0.4 is 0 Å². The van der Waals surface area contributed by atoms with Crippen molar-refractivity contribution < 1.29 is 0 Å². The van der Waals surface area contributed by atoms with Crippen molar-refractivity contribution in [1.82, 2.24) is 15.0 Å². The third-order valence-corrected chi connectivity index (χ3v) is 11.2. The van der Waals surface area contributed by atoms with Gasteiger partial charge in [0.05, 0.1) is 27.3 Å². The highest BCUT2D eigenvalue weighted by molar-refractivity contribution is 7.26. The molecule has 0 aliphatic rings. The molecule has 0 unspecified atom stereocenters. The number of aromatic nitrogens is 3. The maximum Gasteiger partial charge on any atom is 0.160 e. The molecular formula is C51H33N3S. The predicted octanol–water partition coefficient (Wildman–Crippen LogP) is 13.9. The van der Waals surface area contributed by atoms with Crippen molar-refractivity contribution in [3.63, 3.8) is 0 Å². The van der Waals surface area contributed by atoms with Crippen molar-refractivity contribution in [2.45, 2.75) is 0 Å². The van der Waals surface area contributed by atoms with Gasteiger partial charge in [0.2, 0.25) is 0 Å². The molecule has 10 rings (SSSR count). The zero-order valence-electron chi connectivity index (χ0n) is 29.8. The topological polar surface area (TPSA) is 38.7 Å². The van der Waals surface area contributed by atoms with E-state index < -0.39 is 0 Å². The van der Waals surface area contributed by atoms with Gasteiger partial charge in [-0.25, -0.2) is 15.0 Å². The van der Waals surface area contributed by atoms with Crippen LogP contribution in [0.3, 0.4) is 0 Å².